The van der Waals surface area contributed by atoms with Gasteiger partial charge >= 0.3 is 0 Å². The van der Waals surface area contributed by atoms with Crippen LogP contribution in [-0.4, -0.2) is 23.0 Å². The van der Waals surface area contributed by atoms with Crippen molar-refractivity contribution in [3.63, 3.8) is 0 Å². The summed E-state index contributed by atoms with van der Waals surface area (Å²) in [7, 11) is 0. The SMILES string of the molecule is NC1CCCC(NC(=O)c2coc(-c3ccccc3)n2)C1. The van der Waals surface area contributed by atoms with Gasteiger partial charge in [0.25, 0.3) is 5.91 Å². The van der Waals surface area contributed by atoms with Crippen molar-refractivity contribution in [2.45, 2.75) is 37.8 Å². The first-order valence-electron chi connectivity index (χ1n) is 7.30. The second kappa shape index (κ2) is 6.10. The van der Waals surface area contributed by atoms with Gasteiger partial charge in [-0.25, -0.2) is 4.98 Å². The van der Waals surface area contributed by atoms with Crippen LogP contribution in [0.3, 0.4) is 0 Å². The van der Waals surface area contributed by atoms with Crippen molar-refractivity contribution in [2.75, 3.05) is 0 Å². The lowest BCUT2D eigenvalue weighted by Crippen LogP contribution is -2.42. The highest BCUT2D eigenvalue weighted by Gasteiger charge is 2.22. The molecule has 1 saturated carbocycles. The number of nitrogens with two attached hydrogens (primary N) is 1. The molecule has 1 aromatic heterocycles. The van der Waals surface area contributed by atoms with Gasteiger partial charge in [-0.3, -0.25) is 4.79 Å². The number of hydrogen-bond donors (Lipinski definition) is 2. The van der Waals surface area contributed by atoms with Gasteiger partial charge < -0.3 is 15.5 Å². The second-order valence-electron chi connectivity index (χ2n) is 5.50. The molecule has 0 saturated heterocycles. The lowest BCUT2D eigenvalue weighted by Gasteiger charge is -2.26. The first-order valence-corrected chi connectivity index (χ1v) is 7.30. The van der Waals surface area contributed by atoms with E-state index in [-0.39, 0.29) is 18.0 Å². The van der Waals surface area contributed by atoms with E-state index in [1.165, 1.54) is 6.26 Å². The molecular weight excluding hydrogens is 266 g/mol. The lowest BCUT2D eigenvalue weighted by molar-refractivity contribution is 0.0920. The van der Waals surface area contributed by atoms with Gasteiger partial charge in [0, 0.05) is 17.6 Å². The molecule has 0 bridgehead atoms. The van der Waals surface area contributed by atoms with E-state index in [0.29, 0.717) is 11.6 Å². The number of oxazole rings is 1. The summed E-state index contributed by atoms with van der Waals surface area (Å²) >= 11 is 0. The Kier molecular flexibility index (Phi) is 4.01. The van der Waals surface area contributed by atoms with Gasteiger partial charge in [-0.05, 0) is 37.8 Å². The Morgan fingerprint density at radius 3 is 2.86 bits per heavy atom. The van der Waals surface area contributed by atoms with E-state index >= 15 is 0 Å². The highest BCUT2D eigenvalue weighted by molar-refractivity contribution is 5.92. The number of carbonyl (C=O) groups excluding carboxylic acids is 1. The molecule has 110 valence electrons. The minimum Gasteiger partial charge on any atom is -0.444 e. The standard InChI is InChI=1S/C16H19N3O2/c17-12-7-4-8-13(9-12)18-15(20)14-10-21-16(19-14)11-5-2-1-3-6-11/h1-3,5-6,10,12-13H,4,7-9,17H2,(H,18,20). The van der Waals surface area contributed by atoms with Gasteiger partial charge in [0.15, 0.2) is 5.69 Å². The van der Waals surface area contributed by atoms with Crippen LogP contribution in [0.2, 0.25) is 0 Å². The number of amides is 1. The third-order valence-corrected chi connectivity index (χ3v) is 3.81. The first-order chi connectivity index (χ1) is 10.2. The minimum absolute atomic E-state index is 0.137. The van der Waals surface area contributed by atoms with E-state index in [9.17, 15) is 4.79 Å². The molecule has 1 fully saturated rings. The molecule has 3 rings (SSSR count). The molecule has 1 heterocycles. The molecule has 21 heavy (non-hydrogen) atoms. The maximum Gasteiger partial charge on any atom is 0.273 e. The fraction of sp³-hybridized carbons (Fsp3) is 0.375. The van der Waals surface area contributed by atoms with Crippen LogP contribution < -0.4 is 11.1 Å². The van der Waals surface area contributed by atoms with Crippen molar-refractivity contribution >= 4 is 5.91 Å². The normalized spacial score (nSPS) is 22.0. The highest BCUT2D eigenvalue weighted by Crippen LogP contribution is 2.19. The zero-order valence-corrected chi connectivity index (χ0v) is 11.8. The number of carbonyl (C=O) groups is 1. The van der Waals surface area contributed by atoms with Crippen molar-refractivity contribution in [1.29, 1.82) is 0 Å². The van der Waals surface area contributed by atoms with E-state index in [0.717, 1.165) is 31.2 Å². The van der Waals surface area contributed by atoms with Crippen LogP contribution in [0, 0.1) is 0 Å². The molecular formula is C16H19N3O2. The first kappa shape index (κ1) is 13.8. The predicted molar refractivity (Wildman–Crippen MR) is 79.6 cm³/mol. The zero-order chi connectivity index (χ0) is 14.7. The maximum absolute atomic E-state index is 12.2. The predicted octanol–water partition coefficient (Wildman–Crippen LogP) is 2.34. The summed E-state index contributed by atoms with van der Waals surface area (Å²) in [6, 6.07) is 9.85. The van der Waals surface area contributed by atoms with Crippen LogP contribution in [0.15, 0.2) is 41.0 Å². The van der Waals surface area contributed by atoms with Crippen molar-refractivity contribution in [3.8, 4) is 11.5 Å². The summed E-state index contributed by atoms with van der Waals surface area (Å²) in [6.07, 6.45) is 5.30. The minimum atomic E-state index is -0.194. The Hall–Kier alpha value is -2.14. The summed E-state index contributed by atoms with van der Waals surface area (Å²) in [5, 5.41) is 2.99. The average molecular weight is 285 g/mol. The van der Waals surface area contributed by atoms with Crippen LogP contribution in [0.5, 0.6) is 0 Å². The average Bonchev–Trinajstić information content (AvgIpc) is 2.98. The van der Waals surface area contributed by atoms with Crippen molar-refractivity contribution in [3.05, 3.63) is 42.3 Å². The van der Waals surface area contributed by atoms with Gasteiger partial charge in [0.05, 0.1) is 0 Å². The molecule has 5 heteroatoms. The summed E-state index contributed by atoms with van der Waals surface area (Å²) in [5.41, 5.74) is 7.10. The van der Waals surface area contributed by atoms with Gasteiger partial charge in [0.1, 0.15) is 6.26 Å². The number of benzene rings is 1. The van der Waals surface area contributed by atoms with Gasteiger partial charge in [0.2, 0.25) is 5.89 Å². The summed E-state index contributed by atoms with van der Waals surface area (Å²) in [6.45, 7) is 0. The molecule has 2 aromatic rings. The van der Waals surface area contributed by atoms with Gasteiger partial charge in [-0.15, -0.1) is 0 Å². The molecule has 0 radical (unpaired) electrons. The Bertz CT molecular complexity index is 609. The second-order valence-corrected chi connectivity index (χ2v) is 5.50. The summed E-state index contributed by atoms with van der Waals surface area (Å²) in [4.78, 5) is 16.4. The fourth-order valence-electron chi connectivity index (χ4n) is 2.71. The zero-order valence-electron chi connectivity index (χ0n) is 11.8. The molecule has 0 aliphatic heterocycles. The smallest absolute Gasteiger partial charge is 0.273 e. The van der Waals surface area contributed by atoms with Gasteiger partial charge in [-0.2, -0.15) is 0 Å². The van der Waals surface area contributed by atoms with Crippen LogP contribution >= 0.6 is 0 Å². The van der Waals surface area contributed by atoms with Crippen LogP contribution in [0.1, 0.15) is 36.2 Å². The number of hydrogen-bond acceptors (Lipinski definition) is 4. The molecule has 2 atom stereocenters. The molecule has 1 aromatic carbocycles. The Balaban J connectivity index is 1.67. The van der Waals surface area contributed by atoms with E-state index in [1.54, 1.807) is 0 Å². The number of aromatic nitrogens is 1. The monoisotopic (exact) mass is 285 g/mol. The van der Waals surface area contributed by atoms with Crippen molar-refractivity contribution < 1.29 is 9.21 Å². The summed E-state index contributed by atoms with van der Waals surface area (Å²) < 4.78 is 5.39. The molecule has 0 spiro atoms. The lowest BCUT2D eigenvalue weighted by atomic mass is 9.91. The Morgan fingerprint density at radius 2 is 2.10 bits per heavy atom. The molecule has 5 nitrogen and oxygen atoms in total. The third-order valence-electron chi connectivity index (χ3n) is 3.81. The van der Waals surface area contributed by atoms with Gasteiger partial charge in [-0.1, -0.05) is 18.2 Å². The van der Waals surface area contributed by atoms with Crippen molar-refractivity contribution in [1.82, 2.24) is 10.3 Å². The van der Waals surface area contributed by atoms with Crippen LogP contribution in [0.25, 0.3) is 11.5 Å². The quantitative estimate of drug-likeness (QED) is 0.907. The topological polar surface area (TPSA) is 81.1 Å². The molecule has 2 unspecified atom stereocenters. The number of nitrogens with one attached hydrogen (secondary N) is 1. The third kappa shape index (κ3) is 3.31. The molecule has 1 amide bonds. The fourth-order valence-corrected chi connectivity index (χ4v) is 2.71. The van der Waals surface area contributed by atoms with Crippen LogP contribution in [-0.2, 0) is 0 Å². The number of nitrogens with zero attached hydrogens (tertiary/aromatic N) is 1. The Labute approximate surface area is 123 Å². The molecule has 1 aliphatic carbocycles. The molecule has 3 N–H and O–H groups in total. The molecule has 1 aliphatic rings. The number of rotatable bonds is 3. The Morgan fingerprint density at radius 1 is 1.29 bits per heavy atom. The van der Waals surface area contributed by atoms with Crippen molar-refractivity contribution in [2.24, 2.45) is 5.73 Å². The summed E-state index contributed by atoms with van der Waals surface area (Å²) in [5.74, 6) is 0.265. The maximum atomic E-state index is 12.2. The van der Waals surface area contributed by atoms with E-state index in [4.69, 9.17) is 10.2 Å². The highest BCUT2D eigenvalue weighted by atomic mass is 16.3. The van der Waals surface area contributed by atoms with Crippen LogP contribution in [0.4, 0.5) is 0 Å². The van der Waals surface area contributed by atoms with E-state index < -0.39 is 0 Å². The van der Waals surface area contributed by atoms with E-state index in [1.807, 2.05) is 30.3 Å². The van der Waals surface area contributed by atoms with E-state index in [2.05, 4.69) is 10.3 Å². The largest absolute Gasteiger partial charge is 0.444 e.